The summed E-state index contributed by atoms with van der Waals surface area (Å²) < 4.78 is 5.04. The third-order valence-corrected chi connectivity index (χ3v) is 2.31. The van der Waals surface area contributed by atoms with Crippen LogP contribution in [0.3, 0.4) is 0 Å². The SMILES string of the molecule is CC/C=C/CC1C(=O)C=CC1OC(C)=O. The zero-order valence-electron chi connectivity index (χ0n) is 9.10. The molecule has 2 atom stereocenters. The van der Waals surface area contributed by atoms with E-state index in [1.54, 1.807) is 6.08 Å². The van der Waals surface area contributed by atoms with Crippen molar-refractivity contribution in [1.82, 2.24) is 0 Å². The fraction of sp³-hybridized carbons (Fsp3) is 0.500. The largest absolute Gasteiger partial charge is 0.458 e. The zero-order valence-corrected chi connectivity index (χ0v) is 9.10. The maximum Gasteiger partial charge on any atom is 0.303 e. The number of rotatable bonds is 4. The van der Waals surface area contributed by atoms with Gasteiger partial charge in [0.2, 0.25) is 0 Å². The van der Waals surface area contributed by atoms with E-state index in [9.17, 15) is 9.59 Å². The molecule has 1 aliphatic carbocycles. The van der Waals surface area contributed by atoms with E-state index in [0.717, 1.165) is 6.42 Å². The highest BCUT2D eigenvalue weighted by Gasteiger charge is 2.31. The smallest absolute Gasteiger partial charge is 0.303 e. The predicted molar refractivity (Wildman–Crippen MR) is 57.2 cm³/mol. The van der Waals surface area contributed by atoms with Crippen LogP contribution in [0.25, 0.3) is 0 Å². The Morgan fingerprint density at radius 3 is 2.87 bits per heavy atom. The molecule has 0 radical (unpaired) electrons. The molecule has 1 aliphatic rings. The number of esters is 1. The summed E-state index contributed by atoms with van der Waals surface area (Å²) in [7, 11) is 0. The van der Waals surface area contributed by atoms with Crippen molar-refractivity contribution in [1.29, 1.82) is 0 Å². The van der Waals surface area contributed by atoms with E-state index in [1.807, 2.05) is 19.1 Å². The maximum atomic E-state index is 11.4. The molecule has 0 amide bonds. The van der Waals surface area contributed by atoms with Gasteiger partial charge in [-0.3, -0.25) is 9.59 Å². The number of ketones is 1. The molecule has 0 aromatic carbocycles. The maximum absolute atomic E-state index is 11.4. The molecule has 0 aromatic rings. The molecule has 3 nitrogen and oxygen atoms in total. The number of allylic oxidation sites excluding steroid dienone is 3. The van der Waals surface area contributed by atoms with Crippen molar-refractivity contribution in [3.8, 4) is 0 Å². The van der Waals surface area contributed by atoms with Gasteiger partial charge in [0, 0.05) is 6.92 Å². The Labute approximate surface area is 89.8 Å². The summed E-state index contributed by atoms with van der Waals surface area (Å²) in [5, 5.41) is 0. The van der Waals surface area contributed by atoms with Crippen LogP contribution >= 0.6 is 0 Å². The van der Waals surface area contributed by atoms with Gasteiger partial charge in [0.25, 0.3) is 0 Å². The average molecular weight is 208 g/mol. The summed E-state index contributed by atoms with van der Waals surface area (Å²) >= 11 is 0. The molecule has 0 N–H and O–H groups in total. The van der Waals surface area contributed by atoms with Gasteiger partial charge >= 0.3 is 5.97 Å². The van der Waals surface area contributed by atoms with Crippen LogP contribution in [-0.4, -0.2) is 17.9 Å². The van der Waals surface area contributed by atoms with E-state index in [-0.39, 0.29) is 23.8 Å². The van der Waals surface area contributed by atoms with Crippen LogP contribution in [0.5, 0.6) is 0 Å². The lowest BCUT2D eigenvalue weighted by Crippen LogP contribution is -2.24. The van der Waals surface area contributed by atoms with Crippen LogP contribution < -0.4 is 0 Å². The highest BCUT2D eigenvalue weighted by Crippen LogP contribution is 2.22. The minimum atomic E-state index is -0.378. The lowest BCUT2D eigenvalue weighted by atomic mass is 9.99. The van der Waals surface area contributed by atoms with Crippen LogP contribution in [0.2, 0.25) is 0 Å². The van der Waals surface area contributed by atoms with Gasteiger partial charge in [-0.1, -0.05) is 19.1 Å². The minimum absolute atomic E-state index is 0.0435. The van der Waals surface area contributed by atoms with Crippen molar-refractivity contribution < 1.29 is 14.3 Å². The molecule has 0 saturated carbocycles. The van der Waals surface area contributed by atoms with Crippen LogP contribution in [0.4, 0.5) is 0 Å². The molecule has 0 bridgehead atoms. The Balaban J connectivity index is 2.55. The first kappa shape index (κ1) is 11.7. The van der Waals surface area contributed by atoms with E-state index in [2.05, 4.69) is 0 Å². The molecule has 0 aliphatic heterocycles. The fourth-order valence-corrected chi connectivity index (χ4v) is 1.58. The van der Waals surface area contributed by atoms with Crippen molar-refractivity contribution in [3.05, 3.63) is 24.3 Å². The first-order chi connectivity index (χ1) is 7.15. The first-order valence-corrected chi connectivity index (χ1v) is 5.19. The van der Waals surface area contributed by atoms with Gasteiger partial charge in [0.15, 0.2) is 5.78 Å². The van der Waals surface area contributed by atoms with Crippen molar-refractivity contribution in [2.75, 3.05) is 0 Å². The Kier molecular flexibility index (Phi) is 4.28. The Morgan fingerprint density at radius 1 is 1.53 bits per heavy atom. The first-order valence-electron chi connectivity index (χ1n) is 5.19. The predicted octanol–water partition coefficient (Wildman–Crippen LogP) is 2.03. The van der Waals surface area contributed by atoms with E-state index < -0.39 is 0 Å². The number of hydrogen-bond acceptors (Lipinski definition) is 3. The highest BCUT2D eigenvalue weighted by atomic mass is 16.5. The van der Waals surface area contributed by atoms with Gasteiger partial charge in [-0.2, -0.15) is 0 Å². The van der Waals surface area contributed by atoms with E-state index >= 15 is 0 Å². The third kappa shape index (κ3) is 3.35. The monoisotopic (exact) mass is 208 g/mol. The second kappa shape index (κ2) is 5.49. The molecule has 3 heteroatoms. The fourth-order valence-electron chi connectivity index (χ4n) is 1.58. The lowest BCUT2D eigenvalue weighted by Gasteiger charge is -2.16. The number of carbonyl (C=O) groups excluding carboxylic acids is 2. The summed E-state index contributed by atoms with van der Waals surface area (Å²) in [6, 6.07) is 0. The average Bonchev–Trinajstić information content (AvgIpc) is 2.49. The summed E-state index contributed by atoms with van der Waals surface area (Å²) in [5.41, 5.74) is 0. The quantitative estimate of drug-likeness (QED) is 0.524. The number of carbonyl (C=O) groups is 2. The van der Waals surface area contributed by atoms with Crippen LogP contribution in [0.15, 0.2) is 24.3 Å². The molecule has 0 heterocycles. The Bertz CT molecular complexity index is 302. The van der Waals surface area contributed by atoms with Crippen LogP contribution in [0, 0.1) is 5.92 Å². The second-order valence-corrected chi connectivity index (χ2v) is 3.56. The normalized spacial score (nSPS) is 25.1. The molecule has 15 heavy (non-hydrogen) atoms. The van der Waals surface area contributed by atoms with Gasteiger partial charge in [0.05, 0.1) is 5.92 Å². The third-order valence-electron chi connectivity index (χ3n) is 2.31. The number of ether oxygens (including phenoxy) is 1. The Hall–Kier alpha value is -1.38. The van der Waals surface area contributed by atoms with Gasteiger partial charge in [-0.15, -0.1) is 0 Å². The molecule has 0 fully saturated rings. The summed E-state index contributed by atoms with van der Waals surface area (Å²) in [4.78, 5) is 22.2. The van der Waals surface area contributed by atoms with Crippen molar-refractivity contribution in [2.45, 2.75) is 32.8 Å². The molecule has 0 saturated heterocycles. The standard InChI is InChI=1S/C12H16O3/c1-3-4-5-6-10-11(14)7-8-12(10)15-9(2)13/h4-5,7-8,10,12H,3,6H2,1-2H3/b5-4+. The minimum Gasteiger partial charge on any atom is -0.458 e. The molecular weight excluding hydrogens is 192 g/mol. The van der Waals surface area contributed by atoms with Crippen LogP contribution in [0.1, 0.15) is 26.7 Å². The molecule has 0 aromatic heterocycles. The molecule has 2 unspecified atom stereocenters. The van der Waals surface area contributed by atoms with Crippen molar-refractivity contribution >= 4 is 11.8 Å². The van der Waals surface area contributed by atoms with Gasteiger partial charge in [-0.25, -0.2) is 0 Å². The molecule has 82 valence electrons. The van der Waals surface area contributed by atoms with Crippen molar-refractivity contribution in [2.24, 2.45) is 5.92 Å². The molecular formula is C12H16O3. The Morgan fingerprint density at radius 2 is 2.27 bits per heavy atom. The summed E-state index contributed by atoms with van der Waals surface area (Å²) in [6.45, 7) is 3.39. The topological polar surface area (TPSA) is 43.4 Å². The van der Waals surface area contributed by atoms with Crippen molar-refractivity contribution in [3.63, 3.8) is 0 Å². The van der Waals surface area contributed by atoms with Gasteiger partial charge in [-0.05, 0) is 25.0 Å². The zero-order chi connectivity index (χ0) is 11.3. The van der Waals surface area contributed by atoms with E-state index in [1.165, 1.54) is 13.0 Å². The van der Waals surface area contributed by atoms with Gasteiger partial charge < -0.3 is 4.74 Å². The summed E-state index contributed by atoms with van der Waals surface area (Å²) in [5.74, 6) is -0.525. The summed E-state index contributed by atoms with van der Waals surface area (Å²) in [6.07, 6.45) is 8.34. The molecule has 1 rings (SSSR count). The van der Waals surface area contributed by atoms with Gasteiger partial charge in [0.1, 0.15) is 6.10 Å². The van der Waals surface area contributed by atoms with E-state index in [0.29, 0.717) is 6.42 Å². The molecule has 0 spiro atoms. The highest BCUT2D eigenvalue weighted by molar-refractivity contribution is 5.95. The second-order valence-electron chi connectivity index (χ2n) is 3.56. The van der Waals surface area contributed by atoms with E-state index in [4.69, 9.17) is 4.74 Å². The lowest BCUT2D eigenvalue weighted by molar-refractivity contribution is -0.146. The number of hydrogen-bond donors (Lipinski definition) is 0. The van der Waals surface area contributed by atoms with Crippen LogP contribution in [-0.2, 0) is 14.3 Å².